The maximum absolute atomic E-state index is 13.1. The molecule has 5 nitrogen and oxygen atoms in total. The molecular formula is C18H15F3N4O. The van der Waals surface area contributed by atoms with Gasteiger partial charge in [-0.3, -0.25) is 4.79 Å². The lowest BCUT2D eigenvalue weighted by molar-refractivity contribution is -0.138. The average molecular weight is 360 g/mol. The number of benzene rings is 2. The fraction of sp³-hybridized carbons (Fsp3) is 0.167. The molecule has 2 aromatic carbocycles. The van der Waals surface area contributed by atoms with E-state index in [1.54, 1.807) is 24.3 Å². The molecule has 0 spiro atoms. The van der Waals surface area contributed by atoms with Crippen LogP contribution in [0.1, 0.15) is 21.5 Å². The summed E-state index contributed by atoms with van der Waals surface area (Å²) in [6.07, 6.45) is -1.54. The van der Waals surface area contributed by atoms with Crippen molar-refractivity contribution in [3.63, 3.8) is 0 Å². The number of carbonyl (C=O) groups excluding carboxylic acids is 1. The van der Waals surface area contributed by atoms with Gasteiger partial charge in [0, 0.05) is 19.2 Å². The van der Waals surface area contributed by atoms with Gasteiger partial charge < -0.3 is 4.90 Å². The Balaban J connectivity index is 1.77. The zero-order valence-corrected chi connectivity index (χ0v) is 13.8. The van der Waals surface area contributed by atoms with Gasteiger partial charge in [-0.2, -0.15) is 18.3 Å². The van der Waals surface area contributed by atoms with Gasteiger partial charge in [0.25, 0.3) is 5.91 Å². The number of hydrogen-bond donors (Lipinski definition) is 0. The standard InChI is InChI=1S/C18H15F3N4O/c1-24(10-14-4-2-3-5-16(14)18(19,20)21)17(26)13-6-8-15(9-7-13)25-12-22-11-23-25/h2-9,11-12H,10H2,1H3. The van der Waals surface area contributed by atoms with Crippen LogP contribution in [0.4, 0.5) is 13.2 Å². The summed E-state index contributed by atoms with van der Waals surface area (Å²) in [7, 11) is 1.47. The molecule has 26 heavy (non-hydrogen) atoms. The summed E-state index contributed by atoms with van der Waals surface area (Å²) in [4.78, 5) is 17.6. The van der Waals surface area contributed by atoms with Gasteiger partial charge >= 0.3 is 6.18 Å². The highest BCUT2D eigenvalue weighted by Crippen LogP contribution is 2.32. The Morgan fingerprint density at radius 2 is 1.81 bits per heavy atom. The number of aromatic nitrogens is 3. The first-order valence-electron chi connectivity index (χ1n) is 7.72. The van der Waals surface area contributed by atoms with Gasteiger partial charge in [0.05, 0.1) is 11.3 Å². The molecule has 134 valence electrons. The van der Waals surface area contributed by atoms with Gasteiger partial charge in [-0.1, -0.05) is 18.2 Å². The van der Waals surface area contributed by atoms with Crippen molar-refractivity contribution in [1.82, 2.24) is 19.7 Å². The zero-order valence-electron chi connectivity index (χ0n) is 13.8. The molecular weight excluding hydrogens is 345 g/mol. The lowest BCUT2D eigenvalue weighted by atomic mass is 10.1. The highest BCUT2D eigenvalue weighted by molar-refractivity contribution is 5.94. The highest BCUT2D eigenvalue weighted by atomic mass is 19.4. The van der Waals surface area contributed by atoms with Crippen LogP contribution in [0.15, 0.2) is 61.2 Å². The second kappa shape index (κ2) is 6.99. The molecule has 0 fully saturated rings. The van der Waals surface area contributed by atoms with Crippen molar-refractivity contribution in [3.05, 3.63) is 77.9 Å². The van der Waals surface area contributed by atoms with Crippen LogP contribution in [0.2, 0.25) is 0 Å². The first-order chi connectivity index (χ1) is 12.4. The van der Waals surface area contributed by atoms with Crippen LogP contribution >= 0.6 is 0 Å². The lowest BCUT2D eigenvalue weighted by Crippen LogP contribution is -2.27. The van der Waals surface area contributed by atoms with Crippen LogP contribution in [-0.2, 0) is 12.7 Å². The molecule has 1 aromatic heterocycles. The summed E-state index contributed by atoms with van der Waals surface area (Å²) >= 11 is 0. The summed E-state index contributed by atoms with van der Waals surface area (Å²) in [5.41, 5.74) is 0.418. The molecule has 0 radical (unpaired) electrons. The van der Waals surface area contributed by atoms with E-state index in [2.05, 4.69) is 10.1 Å². The van der Waals surface area contributed by atoms with Crippen molar-refractivity contribution in [2.45, 2.75) is 12.7 Å². The van der Waals surface area contributed by atoms with E-state index < -0.39 is 11.7 Å². The topological polar surface area (TPSA) is 51.0 Å². The first-order valence-corrected chi connectivity index (χ1v) is 7.72. The van der Waals surface area contributed by atoms with Crippen molar-refractivity contribution in [1.29, 1.82) is 0 Å². The predicted octanol–water partition coefficient (Wildman–Crippen LogP) is 3.56. The Morgan fingerprint density at radius 1 is 1.12 bits per heavy atom. The maximum Gasteiger partial charge on any atom is 0.416 e. The van der Waals surface area contributed by atoms with Crippen molar-refractivity contribution in [2.24, 2.45) is 0 Å². The summed E-state index contributed by atoms with van der Waals surface area (Å²) in [5, 5.41) is 3.99. The summed E-state index contributed by atoms with van der Waals surface area (Å²) < 4.78 is 40.8. The van der Waals surface area contributed by atoms with Crippen molar-refractivity contribution >= 4 is 5.91 Å². The molecule has 8 heteroatoms. The number of halogens is 3. The highest BCUT2D eigenvalue weighted by Gasteiger charge is 2.33. The third-order valence-corrected chi connectivity index (χ3v) is 3.87. The fourth-order valence-corrected chi connectivity index (χ4v) is 2.58. The molecule has 0 aliphatic rings. The minimum Gasteiger partial charge on any atom is -0.337 e. The third kappa shape index (κ3) is 3.74. The molecule has 1 amide bonds. The molecule has 3 rings (SSSR count). The Morgan fingerprint density at radius 3 is 2.42 bits per heavy atom. The average Bonchev–Trinajstić information content (AvgIpc) is 3.15. The van der Waals surface area contributed by atoms with Gasteiger partial charge in [0.15, 0.2) is 0 Å². The molecule has 0 saturated carbocycles. The number of alkyl halides is 3. The Bertz CT molecular complexity index is 890. The van der Waals surface area contributed by atoms with E-state index in [1.807, 2.05) is 0 Å². The minimum atomic E-state index is -4.46. The number of amides is 1. The second-order valence-corrected chi connectivity index (χ2v) is 5.70. The quantitative estimate of drug-likeness (QED) is 0.715. The summed E-state index contributed by atoms with van der Waals surface area (Å²) in [6, 6.07) is 11.8. The number of hydrogen-bond acceptors (Lipinski definition) is 3. The molecule has 0 atom stereocenters. The van der Waals surface area contributed by atoms with E-state index in [0.29, 0.717) is 5.56 Å². The normalized spacial score (nSPS) is 11.4. The molecule has 0 N–H and O–H groups in total. The SMILES string of the molecule is CN(Cc1ccccc1C(F)(F)F)C(=O)c1ccc(-n2cncn2)cc1. The molecule has 1 heterocycles. The smallest absolute Gasteiger partial charge is 0.337 e. The van der Waals surface area contributed by atoms with Gasteiger partial charge in [0.2, 0.25) is 0 Å². The van der Waals surface area contributed by atoms with Gasteiger partial charge in [-0.25, -0.2) is 9.67 Å². The van der Waals surface area contributed by atoms with E-state index >= 15 is 0 Å². The number of rotatable bonds is 4. The molecule has 0 unspecified atom stereocenters. The summed E-state index contributed by atoms with van der Waals surface area (Å²) in [5.74, 6) is -0.368. The molecule has 0 aliphatic carbocycles. The molecule has 0 saturated heterocycles. The Hall–Kier alpha value is -3.16. The van der Waals surface area contributed by atoms with Crippen LogP contribution in [0, 0.1) is 0 Å². The van der Waals surface area contributed by atoms with E-state index in [9.17, 15) is 18.0 Å². The number of nitrogens with zero attached hydrogens (tertiary/aromatic N) is 4. The van der Waals surface area contributed by atoms with E-state index in [0.717, 1.165) is 11.8 Å². The third-order valence-electron chi connectivity index (χ3n) is 3.87. The van der Waals surface area contributed by atoms with E-state index in [1.165, 1.54) is 47.5 Å². The van der Waals surface area contributed by atoms with Crippen molar-refractivity contribution < 1.29 is 18.0 Å². The predicted molar refractivity (Wildman–Crippen MR) is 88.6 cm³/mol. The van der Waals surface area contributed by atoms with Gasteiger partial charge in [-0.05, 0) is 35.9 Å². The fourth-order valence-electron chi connectivity index (χ4n) is 2.58. The van der Waals surface area contributed by atoms with Gasteiger partial charge in [-0.15, -0.1) is 0 Å². The minimum absolute atomic E-state index is 0.0510. The second-order valence-electron chi connectivity index (χ2n) is 5.70. The molecule has 0 aliphatic heterocycles. The monoisotopic (exact) mass is 360 g/mol. The van der Waals surface area contributed by atoms with E-state index in [-0.39, 0.29) is 18.0 Å². The van der Waals surface area contributed by atoms with E-state index in [4.69, 9.17) is 0 Å². The Labute approximate surface area is 147 Å². The first kappa shape index (κ1) is 17.7. The maximum atomic E-state index is 13.1. The molecule has 3 aromatic rings. The van der Waals surface area contributed by atoms with Crippen molar-refractivity contribution in [3.8, 4) is 5.69 Å². The van der Waals surface area contributed by atoms with Crippen LogP contribution < -0.4 is 0 Å². The summed E-state index contributed by atoms with van der Waals surface area (Å²) in [6.45, 7) is -0.140. The largest absolute Gasteiger partial charge is 0.416 e. The Kier molecular flexibility index (Phi) is 4.75. The lowest BCUT2D eigenvalue weighted by Gasteiger charge is -2.20. The zero-order chi connectivity index (χ0) is 18.7. The van der Waals surface area contributed by atoms with Crippen molar-refractivity contribution in [2.75, 3.05) is 7.05 Å². The van der Waals surface area contributed by atoms with Crippen LogP contribution in [0.3, 0.4) is 0 Å². The van der Waals surface area contributed by atoms with Gasteiger partial charge in [0.1, 0.15) is 12.7 Å². The van der Waals surface area contributed by atoms with Crippen LogP contribution in [0.5, 0.6) is 0 Å². The molecule has 0 bridgehead atoms. The van der Waals surface area contributed by atoms with Crippen LogP contribution in [-0.4, -0.2) is 32.6 Å². The van der Waals surface area contributed by atoms with Crippen LogP contribution in [0.25, 0.3) is 5.69 Å². The number of carbonyl (C=O) groups is 1.